The zero-order chi connectivity index (χ0) is 9.26. The molecule has 4 N–H and O–H groups in total. The maximum Gasteiger partial charge on any atom is 0.184 e. The molecule has 0 atom stereocenters. The predicted octanol–water partition coefficient (Wildman–Crippen LogP) is 1.01. The smallest absolute Gasteiger partial charge is 0.184 e. The fraction of sp³-hybridized carbons (Fsp3) is 0.333. The molecule has 1 heterocycles. The van der Waals surface area contributed by atoms with Gasteiger partial charge in [0.15, 0.2) is 11.5 Å². The van der Waals surface area contributed by atoms with Crippen LogP contribution in [0.4, 0.5) is 11.4 Å². The molecule has 4 heteroatoms. The average Bonchev–Trinajstić information content (AvgIpc) is 2.28. The molecule has 13 heavy (non-hydrogen) atoms. The molecule has 1 aliphatic heterocycles. The van der Waals surface area contributed by atoms with Gasteiger partial charge >= 0.3 is 0 Å². The van der Waals surface area contributed by atoms with Crippen molar-refractivity contribution in [3.05, 3.63) is 12.1 Å². The molecule has 0 aromatic heterocycles. The van der Waals surface area contributed by atoms with Gasteiger partial charge in [0.05, 0.1) is 18.9 Å². The quantitative estimate of drug-likeness (QED) is 0.584. The summed E-state index contributed by atoms with van der Waals surface area (Å²) in [6.45, 7) is 1.29. The van der Waals surface area contributed by atoms with Crippen molar-refractivity contribution in [3.63, 3.8) is 0 Å². The van der Waals surface area contributed by atoms with Crippen molar-refractivity contribution in [2.45, 2.75) is 6.42 Å². The van der Waals surface area contributed by atoms with Gasteiger partial charge < -0.3 is 20.9 Å². The highest BCUT2D eigenvalue weighted by Gasteiger charge is 2.13. The number of rotatable bonds is 0. The minimum atomic E-state index is 0.539. The Bertz CT molecular complexity index is 326. The van der Waals surface area contributed by atoms with Gasteiger partial charge in [-0.1, -0.05) is 0 Å². The van der Waals surface area contributed by atoms with E-state index in [1.165, 1.54) is 0 Å². The average molecular weight is 180 g/mol. The predicted molar refractivity (Wildman–Crippen MR) is 50.9 cm³/mol. The van der Waals surface area contributed by atoms with Gasteiger partial charge in [0.25, 0.3) is 0 Å². The van der Waals surface area contributed by atoms with Crippen molar-refractivity contribution in [2.75, 3.05) is 24.7 Å². The first-order chi connectivity index (χ1) is 6.27. The Morgan fingerprint density at radius 3 is 2.69 bits per heavy atom. The van der Waals surface area contributed by atoms with E-state index in [1.54, 1.807) is 12.1 Å². The maximum atomic E-state index is 5.73. The van der Waals surface area contributed by atoms with E-state index in [0.29, 0.717) is 36.1 Å². The molecule has 0 saturated heterocycles. The van der Waals surface area contributed by atoms with Gasteiger partial charge in [-0.25, -0.2) is 0 Å². The summed E-state index contributed by atoms with van der Waals surface area (Å²) in [7, 11) is 0. The number of hydrogen-bond donors (Lipinski definition) is 2. The van der Waals surface area contributed by atoms with E-state index in [2.05, 4.69) is 0 Å². The lowest BCUT2D eigenvalue weighted by molar-refractivity contribution is 0.297. The van der Waals surface area contributed by atoms with Gasteiger partial charge in [-0.3, -0.25) is 0 Å². The molecule has 0 saturated carbocycles. The van der Waals surface area contributed by atoms with Crippen LogP contribution >= 0.6 is 0 Å². The summed E-state index contributed by atoms with van der Waals surface area (Å²) >= 11 is 0. The zero-order valence-electron chi connectivity index (χ0n) is 7.25. The van der Waals surface area contributed by atoms with Crippen molar-refractivity contribution in [1.29, 1.82) is 0 Å². The summed E-state index contributed by atoms with van der Waals surface area (Å²) in [5, 5.41) is 0. The van der Waals surface area contributed by atoms with Gasteiger partial charge in [-0.2, -0.15) is 0 Å². The Hall–Kier alpha value is -1.58. The van der Waals surface area contributed by atoms with Gasteiger partial charge in [0.1, 0.15) is 0 Å². The third-order valence-electron chi connectivity index (χ3n) is 1.90. The topological polar surface area (TPSA) is 70.5 Å². The van der Waals surface area contributed by atoms with E-state index < -0.39 is 0 Å². The highest BCUT2D eigenvalue weighted by Crippen LogP contribution is 2.37. The highest BCUT2D eigenvalue weighted by atomic mass is 16.5. The van der Waals surface area contributed by atoms with E-state index in [9.17, 15) is 0 Å². The molecule has 0 radical (unpaired) electrons. The second kappa shape index (κ2) is 3.05. The molecule has 1 aromatic rings. The molecule has 1 aliphatic rings. The Labute approximate surface area is 76.4 Å². The van der Waals surface area contributed by atoms with Crippen molar-refractivity contribution in [2.24, 2.45) is 0 Å². The lowest BCUT2D eigenvalue weighted by Gasteiger charge is -2.10. The van der Waals surface area contributed by atoms with Crippen LogP contribution in [0.2, 0.25) is 0 Å². The Morgan fingerprint density at radius 1 is 1.08 bits per heavy atom. The van der Waals surface area contributed by atoms with Gasteiger partial charge in [-0.05, 0) is 6.07 Å². The van der Waals surface area contributed by atoms with Gasteiger partial charge in [0.2, 0.25) is 0 Å². The molecule has 0 spiro atoms. The SMILES string of the molecule is Nc1cc(N)c2c(c1)OCCCO2. The van der Waals surface area contributed by atoms with Crippen LogP contribution in [0.25, 0.3) is 0 Å². The number of nitrogens with two attached hydrogens (primary N) is 2. The third-order valence-corrected chi connectivity index (χ3v) is 1.90. The summed E-state index contributed by atoms with van der Waals surface area (Å²) in [5.41, 5.74) is 12.5. The van der Waals surface area contributed by atoms with E-state index in [1.807, 2.05) is 0 Å². The molecule has 0 aliphatic carbocycles. The first-order valence-corrected chi connectivity index (χ1v) is 4.22. The number of benzene rings is 1. The van der Waals surface area contributed by atoms with Crippen molar-refractivity contribution in [1.82, 2.24) is 0 Å². The molecule has 4 nitrogen and oxygen atoms in total. The van der Waals surface area contributed by atoms with E-state index in [-0.39, 0.29) is 0 Å². The maximum absolute atomic E-state index is 5.73. The number of anilines is 2. The largest absolute Gasteiger partial charge is 0.489 e. The second-order valence-electron chi connectivity index (χ2n) is 2.99. The first-order valence-electron chi connectivity index (χ1n) is 4.22. The van der Waals surface area contributed by atoms with Crippen molar-refractivity contribution >= 4 is 11.4 Å². The minimum absolute atomic E-state index is 0.539. The zero-order valence-corrected chi connectivity index (χ0v) is 7.25. The molecule has 0 amide bonds. The van der Waals surface area contributed by atoms with Crippen LogP contribution in [0.1, 0.15) is 6.42 Å². The van der Waals surface area contributed by atoms with E-state index >= 15 is 0 Å². The molecular formula is C9H12N2O2. The molecule has 0 bridgehead atoms. The summed E-state index contributed by atoms with van der Waals surface area (Å²) in [6.07, 6.45) is 0.869. The standard InChI is InChI=1S/C9H12N2O2/c10-6-4-7(11)9-8(5-6)12-2-1-3-13-9/h4-5H,1-3,10-11H2. The fourth-order valence-electron chi connectivity index (χ4n) is 1.32. The molecule has 70 valence electrons. The highest BCUT2D eigenvalue weighted by molar-refractivity contribution is 5.67. The molecule has 1 aromatic carbocycles. The van der Waals surface area contributed by atoms with E-state index in [0.717, 1.165) is 6.42 Å². The number of nitrogen functional groups attached to an aromatic ring is 2. The summed E-state index contributed by atoms with van der Waals surface area (Å²) in [4.78, 5) is 0. The van der Waals surface area contributed by atoms with Crippen molar-refractivity contribution < 1.29 is 9.47 Å². The van der Waals surface area contributed by atoms with E-state index in [4.69, 9.17) is 20.9 Å². The lowest BCUT2D eigenvalue weighted by atomic mass is 10.2. The van der Waals surface area contributed by atoms with Crippen LogP contribution in [0.15, 0.2) is 12.1 Å². The summed E-state index contributed by atoms with van der Waals surface area (Å²) in [5.74, 6) is 1.27. The van der Waals surface area contributed by atoms with Crippen LogP contribution in [0, 0.1) is 0 Å². The Kier molecular flexibility index (Phi) is 1.88. The summed E-state index contributed by atoms with van der Waals surface area (Å²) in [6, 6.07) is 3.41. The van der Waals surface area contributed by atoms with Crippen LogP contribution in [0.5, 0.6) is 11.5 Å². The number of ether oxygens (including phenoxy) is 2. The second-order valence-corrected chi connectivity index (χ2v) is 2.99. The number of fused-ring (bicyclic) bond motifs is 1. The normalized spacial score (nSPS) is 15.1. The van der Waals surface area contributed by atoms with Gasteiger partial charge in [0, 0.05) is 18.2 Å². The molecular weight excluding hydrogens is 168 g/mol. The molecule has 0 fully saturated rings. The van der Waals surface area contributed by atoms with Crippen LogP contribution in [-0.4, -0.2) is 13.2 Å². The Balaban J connectivity index is 2.47. The fourth-order valence-corrected chi connectivity index (χ4v) is 1.32. The third kappa shape index (κ3) is 1.47. The molecule has 2 rings (SSSR count). The van der Waals surface area contributed by atoms with Crippen LogP contribution < -0.4 is 20.9 Å². The van der Waals surface area contributed by atoms with Crippen LogP contribution in [0.3, 0.4) is 0 Å². The van der Waals surface area contributed by atoms with Gasteiger partial charge in [-0.15, -0.1) is 0 Å². The Morgan fingerprint density at radius 2 is 1.85 bits per heavy atom. The van der Waals surface area contributed by atoms with Crippen molar-refractivity contribution in [3.8, 4) is 11.5 Å². The van der Waals surface area contributed by atoms with Crippen LogP contribution in [-0.2, 0) is 0 Å². The molecule has 0 unspecified atom stereocenters. The first kappa shape index (κ1) is 8.04. The number of hydrogen-bond acceptors (Lipinski definition) is 4. The minimum Gasteiger partial charge on any atom is -0.489 e. The summed E-state index contributed by atoms with van der Waals surface area (Å²) < 4.78 is 10.9. The lowest BCUT2D eigenvalue weighted by Crippen LogP contribution is -1.99. The monoisotopic (exact) mass is 180 g/mol.